The number of nitrogens with one attached hydrogen (secondary N) is 4. The first-order valence-electron chi connectivity index (χ1n) is 15.9. The zero-order valence-electron chi connectivity index (χ0n) is 28.6. The maximum atomic E-state index is 13.6. The smallest absolute Gasteiger partial charge is 0.222 e. The molecule has 46 heavy (non-hydrogen) atoms. The van der Waals surface area contributed by atoms with Crippen LogP contribution in [0.15, 0.2) is 0 Å². The number of rotatable bonds is 33. The molecule has 15 heteroatoms. The number of likely N-dealkylation sites (N-methyl/N-ethyl adjacent to an activating group) is 1. The van der Waals surface area contributed by atoms with Gasteiger partial charge in [-0.3, -0.25) is 19.2 Å². The molecule has 1 atom stereocenters. The van der Waals surface area contributed by atoms with Gasteiger partial charge in [-0.05, 0) is 19.9 Å². The number of hydrogen-bond acceptors (Lipinski definition) is 11. The minimum atomic E-state index is -0.931. The average molecular weight is 737 g/mol. The fourth-order valence-electron chi connectivity index (χ4n) is 4.39. The Bertz CT molecular complexity index is 720. The maximum absolute atomic E-state index is 13.6. The first kappa shape index (κ1) is 47.2. The van der Waals surface area contributed by atoms with Crippen LogP contribution in [0.5, 0.6) is 0 Å². The van der Waals surface area contributed by atoms with E-state index in [0.29, 0.717) is 65.1 Å². The Morgan fingerprint density at radius 2 is 1.17 bits per heavy atom. The van der Waals surface area contributed by atoms with E-state index in [0.717, 1.165) is 6.42 Å². The molecule has 0 bridgehead atoms. The fraction of sp³-hybridized carbons (Fsp3) is 0.871. The van der Waals surface area contributed by atoms with Crippen molar-refractivity contribution >= 4 is 23.4 Å². The average Bonchev–Trinajstić information content (AvgIpc) is 3.02. The van der Waals surface area contributed by atoms with Crippen LogP contribution in [0.4, 0.5) is 0 Å². The van der Waals surface area contributed by atoms with E-state index in [4.69, 9.17) is 34.2 Å². The van der Waals surface area contributed by atoms with Gasteiger partial charge < -0.3 is 50.1 Å². The van der Waals surface area contributed by atoms with Gasteiger partial charge >= 0.3 is 0 Å². The van der Waals surface area contributed by atoms with Crippen LogP contribution in [0, 0.1) is 5.41 Å². The van der Waals surface area contributed by atoms with Crippen LogP contribution < -0.4 is 16.0 Å². The summed E-state index contributed by atoms with van der Waals surface area (Å²) in [5.41, 5.74) is 6.48. The van der Waals surface area contributed by atoms with Crippen LogP contribution in [0.2, 0.25) is 0 Å². The van der Waals surface area contributed by atoms with Gasteiger partial charge in [-0.15, -0.1) is 0 Å². The van der Waals surface area contributed by atoms with E-state index in [1.807, 2.05) is 0 Å². The molecule has 14 nitrogen and oxygen atoms in total. The molecule has 0 fully saturated rings. The predicted molar refractivity (Wildman–Crippen MR) is 170 cm³/mol. The number of carbonyl (C=O) groups is 4. The summed E-state index contributed by atoms with van der Waals surface area (Å²) in [4.78, 5) is 50.1. The van der Waals surface area contributed by atoms with E-state index in [9.17, 15) is 19.2 Å². The molecule has 0 aromatic rings. The number of hydrogen-bond donors (Lipinski definition) is 3. The van der Waals surface area contributed by atoms with Crippen LogP contribution >= 0.6 is 0 Å². The molecule has 2 amide bonds. The van der Waals surface area contributed by atoms with E-state index in [1.165, 1.54) is 0 Å². The van der Waals surface area contributed by atoms with Crippen molar-refractivity contribution in [2.24, 2.45) is 5.41 Å². The third-order valence-electron chi connectivity index (χ3n) is 6.96. The number of ether oxygens (including phenoxy) is 6. The van der Waals surface area contributed by atoms with E-state index >= 15 is 0 Å². The summed E-state index contributed by atoms with van der Waals surface area (Å²) in [6.45, 7) is 3.01. The van der Waals surface area contributed by atoms with E-state index < -0.39 is 11.5 Å². The van der Waals surface area contributed by atoms with Gasteiger partial charge in [-0.1, -0.05) is 12.8 Å². The SMILES string of the molecule is CNC(CCCC[NH-])C(=O)CC(COCCC(=O)CCCOC)(COCCC(=O)NCCOC)COCCC(=O)NCCOC.[Y]. The Morgan fingerprint density at radius 1 is 0.674 bits per heavy atom. The number of amides is 2. The topological polar surface area (TPSA) is 184 Å². The zero-order chi connectivity index (χ0) is 33.6. The molecule has 267 valence electrons. The summed E-state index contributed by atoms with van der Waals surface area (Å²) in [7, 11) is 6.43. The third-order valence-corrected chi connectivity index (χ3v) is 6.96. The van der Waals surface area contributed by atoms with Crippen molar-refractivity contribution in [3.63, 3.8) is 0 Å². The van der Waals surface area contributed by atoms with Crippen molar-refractivity contribution in [2.45, 2.75) is 63.8 Å². The number of Topliss-reactive ketones (excluding diaryl/α,β-unsaturated/α-hetero) is 2. The van der Waals surface area contributed by atoms with E-state index in [-0.39, 0.29) is 121 Å². The van der Waals surface area contributed by atoms with Crippen molar-refractivity contribution in [1.29, 1.82) is 0 Å². The largest absolute Gasteiger partial charge is 0.677 e. The van der Waals surface area contributed by atoms with E-state index in [2.05, 4.69) is 16.0 Å². The first-order chi connectivity index (χ1) is 21.8. The first-order valence-corrected chi connectivity index (χ1v) is 15.9. The second kappa shape index (κ2) is 32.6. The van der Waals surface area contributed by atoms with Gasteiger partial charge in [0, 0.05) is 111 Å². The van der Waals surface area contributed by atoms with Gasteiger partial charge in [0.1, 0.15) is 5.78 Å². The molecular weight excluding hydrogens is 677 g/mol. The van der Waals surface area contributed by atoms with Crippen LogP contribution in [0.1, 0.15) is 57.8 Å². The van der Waals surface area contributed by atoms with Gasteiger partial charge in [-0.25, -0.2) is 0 Å². The predicted octanol–water partition coefficient (Wildman–Crippen LogP) is 1.48. The number of methoxy groups -OCH3 is 3. The molecule has 0 aliphatic heterocycles. The Hall–Kier alpha value is -0.936. The summed E-state index contributed by atoms with van der Waals surface area (Å²) in [5.74, 6) is -0.358. The second-order valence-electron chi connectivity index (χ2n) is 11.0. The fourth-order valence-corrected chi connectivity index (χ4v) is 4.39. The normalized spacial score (nSPS) is 11.9. The molecule has 0 aromatic carbocycles. The number of carbonyl (C=O) groups excluding carboxylic acids is 4. The van der Waals surface area contributed by atoms with Crippen LogP contribution in [-0.4, -0.2) is 137 Å². The molecule has 0 rings (SSSR count). The Kier molecular flexibility index (Phi) is 33.4. The molecule has 0 aliphatic rings. The van der Waals surface area contributed by atoms with E-state index in [1.54, 1.807) is 28.4 Å². The van der Waals surface area contributed by atoms with Crippen molar-refractivity contribution in [3.8, 4) is 0 Å². The molecule has 0 saturated carbocycles. The number of unbranched alkanes of at least 4 members (excludes halogenated alkanes) is 1. The Morgan fingerprint density at radius 3 is 1.63 bits per heavy atom. The van der Waals surface area contributed by atoms with Crippen molar-refractivity contribution in [1.82, 2.24) is 16.0 Å². The summed E-state index contributed by atoms with van der Waals surface area (Å²) < 4.78 is 32.8. The van der Waals surface area contributed by atoms with Crippen molar-refractivity contribution < 1.29 is 80.3 Å². The van der Waals surface area contributed by atoms with Gasteiger partial charge in [0.15, 0.2) is 5.78 Å². The Labute approximate surface area is 300 Å². The molecule has 0 aromatic heterocycles. The zero-order valence-corrected chi connectivity index (χ0v) is 31.4. The molecular formula is C31H59N4O10Y-. The monoisotopic (exact) mass is 736 g/mol. The Balaban J connectivity index is 0. The molecule has 1 radical (unpaired) electrons. The maximum Gasteiger partial charge on any atom is 0.222 e. The summed E-state index contributed by atoms with van der Waals surface area (Å²) >= 11 is 0. The van der Waals surface area contributed by atoms with Gasteiger partial charge in [0.2, 0.25) is 11.8 Å². The summed E-state index contributed by atoms with van der Waals surface area (Å²) in [6, 6.07) is -0.420. The second-order valence-corrected chi connectivity index (χ2v) is 11.0. The van der Waals surface area contributed by atoms with Crippen molar-refractivity contribution in [3.05, 3.63) is 5.73 Å². The third kappa shape index (κ3) is 26.1. The molecule has 4 N–H and O–H groups in total. The van der Waals surface area contributed by atoms with Crippen molar-refractivity contribution in [2.75, 3.05) is 107 Å². The standard InChI is InChI=1S/C31H59N4O10.Y/c1-33-27(9-5-6-13-32)28(37)22-31(23-43-17-10-26(36)8-7-16-40-2,24-44-18-11-29(38)34-14-20-41-3)25-45-19-12-30(39)35-15-21-42-4;/h27,32-33H,5-25H2,1-4H3,(H,34,38)(H,35,39);/q-1;. The van der Waals surface area contributed by atoms with Crippen LogP contribution in [-0.2, 0) is 80.3 Å². The van der Waals surface area contributed by atoms with Crippen LogP contribution in [0.3, 0.4) is 0 Å². The molecule has 0 spiro atoms. The van der Waals surface area contributed by atoms with Gasteiger partial charge in [0.05, 0.1) is 58.9 Å². The molecule has 0 aliphatic carbocycles. The number of ketones is 2. The molecule has 0 heterocycles. The van der Waals surface area contributed by atoms with Gasteiger partial charge in [-0.2, -0.15) is 6.54 Å². The molecule has 1 unspecified atom stereocenters. The minimum Gasteiger partial charge on any atom is -0.677 e. The summed E-state index contributed by atoms with van der Waals surface area (Å²) in [5, 5.41) is 8.58. The van der Waals surface area contributed by atoms with Crippen LogP contribution in [0.25, 0.3) is 5.73 Å². The quantitative estimate of drug-likeness (QED) is 0.0830. The molecule has 0 saturated heterocycles. The summed E-state index contributed by atoms with van der Waals surface area (Å²) in [6.07, 6.45) is 3.59. The van der Waals surface area contributed by atoms with Gasteiger partial charge in [0.25, 0.3) is 0 Å². The minimum absolute atomic E-state index is 0.